The zero-order valence-electron chi connectivity index (χ0n) is 13.2. The van der Waals surface area contributed by atoms with Crippen molar-refractivity contribution < 1.29 is 14.3 Å². The van der Waals surface area contributed by atoms with E-state index in [0.717, 1.165) is 23.5 Å². The molecule has 1 aliphatic heterocycles. The maximum atomic E-state index is 11.9. The van der Waals surface area contributed by atoms with Crippen molar-refractivity contribution in [1.29, 1.82) is 0 Å². The summed E-state index contributed by atoms with van der Waals surface area (Å²) in [5.41, 5.74) is 1.63. The van der Waals surface area contributed by atoms with Crippen molar-refractivity contribution in [1.82, 2.24) is 5.32 Å². The highest BCUT2D eigenvalue weighted by Crippen LogP contribution is 2.33. The maximum absolute atomic E-state index is 11.9. The van der Waals surface area contributed by atoms with Crippen LogP contribution in [0.3, 0.4) is 0 Å². The summed E-state index contributed by atoms with van der Waals surface area (Å²) in [4.78, 5) is 11.9. The number of hydrogen-bond acceptors (Lipinski definition) is 4. The zero-order chi connectivity index (χ0) is 15.5. The Balaban J connectivity index is 1.93. The normalized spacial score (nSPS) is 17.5. The minimum Gasteiger partial charge on any atom is -0.491 e. The smallest absolute Gasteiger partial charge is 0.246 e. The third-order valence-corrected chi connectivity index (χ3v) is 3.15. The third kappa shape index (κ3) is 4.19. The topological polar surface area (TPSA) is 59.6 Å². The second-order valence-electron chi connectivity index (χ2n) is 6.04. The molecule has 0 fully saturated rings. The van der Waals surface area contributed by atoms with Gasteiger partial charge in [-0.2, -0.15) is 0 Å². The van der Waals surface area contributed by atoms with Crippen LogP contribution in [0.4, 0.5) is 5.69 Å². The van der Waals surface area contributed by atoms with Gasteiger partial charge in [-0.25, -0.2) is 0 Å². The minimum absolute atomic E-state index is 0.0138. The van der Waals surface area contributed by atoms with Gasteiger partial charge in [0.15, 0.2) is 0 Å². The lowest BCUT2D eigenvalue weighted by Gasteiger charge is -2.19. The number of ether oxygens (including phenoxy) is 2. The molecular formula is C16H24N2O3. The lowest BCUT2D eigenvalue weighted by Crippen LogP contribution is -2.27. The number of rotatable bonds is 6. The van der Waals surface area contributed by atoms with Gasteiger partial charge in [0.2, 0.25) is 5.91 Å². The van der Waals surface area contributed by atoms with Crippen LogP contribution in [0.5, 0.6) is 5.75 Å². The molecule has 1 amide bonds. The first kappa shape index (κ1) is 15.8. The van der Waals surface area contributed by atoms with Gasteiger partial charge in [-0.3, -0.25) is 4.79 Å². The highest BCUT2D eigenvalue weighted by atomic mass is 16.5. The quantitative estimate of drug-likeness (QED) is 0.791. The van der Waals surface area contributed by atoms with Gasteiger partial charge < -0.3 is 20.1 Å². The summed E-state index contributed by atoms with van der Waals surface area (Å²) < 4.78 is 11.3. The average Bonchev–Trinajstić information content (AvgIpc) is 2.70. The van der Waals surface area contributed by atoms with Gasteiger partial charge in [0.05, 0.1) is 12.2 Å². The van der Waals surface area contributed by atoms with Gasteiger partial charge in [0.1, 0.15) is 18.4 Å². The number of hydrogen-bond donors (Lipinski definition) is 2. The number of anilines is 1. The molecule has 1 heterocycles. The summed E-state index contributed by atoms with van der Waals surface area (Å²) in [6, 6.07) is 5.42. The summed E-state index contributed by atoms with van der Waals surface area (Å²) in [5, 5.41) is 6.04. The van der Waals surface area contributed by atoms with Gasteiger partial charge in [-0.15, -0.1) is 0 Å². The molecule has 21 heavy (non-hydrogen) atoms. The van der Waals surface area contributed by atoms with Crippen molar-refractivity contribution in [3.63, 3.8) is 0 Å². The first-order chi connectivity index (χ1) is 9.90. The molecule has 0 saturated carbocycles. The van der Waals surface area contributed by atoms with E-state index in [9.17, 15) is 4.79 Å². The van der Waals surface area contributed by atoms with Crippen LogP contribution in [0.1, 0.15) is 39.3 Å². The van der Waals surface area contributed by atoms with E-state index in [0.29, 0.717) is 13.2 Å². The van der Waals surface area contributed by atoms with Crippen molar-refractivity contribution in [2.24, 2.45) is 0 Å². The van der Waals surface area contributed by atoms with E-state index in [-0.39, 0.29) is 17.6 Å². The van der Waals surface area contributed by atoms with E-state index in [1.807, 2.05) is 45.9 Å². The van der Waals surface area contributed by atoms with Crippen LogP contribution in [-0.2, 0) is 9.53 Å². The molecule has 0 radical (unpaired) electrons. The molecule has 0 aliphatic carbocycles. The summed E-state index contributed by atoms with van der Waals surface area (Å²) in [5.74, 6) is 0.726. The number of carbonyl (C=O) groups excluding carboxylic acids is 1. The highest BCUT2D eigenvalue weighted by molar-refractivity contribution is 6.02. The molecule has 1 aromatic carbocycles. The van der Waals surface area contributed by atoms with Crippen molar-refractivity contribution in [2.75, 3.05) is 25.1 Å². The van der Waals surface area contributed by atoms with Gasteiger partial charge >= 0.3 is 0 Å². The Bertz CT molecular complexity index is 509. The molecule has 116 valence electrons. The minimum atomic E-state index is -0.261. The summed E-state index contributed by atoms with van der Waals surface area (Å²) in [6.07, 6.45) is 0. The first-order valence-electron chi connectivity index (χ1n) is 7.35. The molecular weight excluding hydrogens is 268 g/mol. The van der Waals surface area contributed by atoms with E-state index >= 15 is 0 Å². The SMILES string of the molecule is CCNC1C(=O)Nc2cc(OCCOC(C)(C)C)ccc21. The van der Waals surface area contributed by atoms with Crippen molar-refractivity contribution in [3.05, 3.63) is 23.8 Å². The molecule has 1 aliphatic rings. The average molecular weight is 292 g/mol. The van der Waals surface area contributed by atoms with Crippen LogP contribution in [0.15, 0.2) is 18.2 Å². The van der Waals surface area contributed by atoms with Crippen LogP contribution in [0.2, 0.25) is 0 Å². The summed E-state index contributed by atoms with van der Waals surface area (Å²) in [6.45, 7) is 9.79. The second-order valence-corrected chi connectivity index (χ2v) is 6.04. The number of carbonyl (C=O) groups is 1. The van der Waals surface area contributed by atoms with E-state index in [2.05, 4.69) is 10.6 Å². The molecule has 1 unspecified atom stereocenters. The molecule has 1 aromatic rings. The van der Waals surface area contributed by atoms with E-state index in [4.69, 9.17) is 9.47 Å². The Labute approximate surface area is 126 Å². The fourth-order valence-electron chi connectivity index (χ4n) is 2.25. The lowest BCUT2D eigenvalue weighted by molar-refractivity contribution is -0.117. The van der Waals surface area contributed by atoms with Crippen LogP contribution in [0.25, 0.3) is 0 Å². The molecule has 0 spiro atoms. The molecule has 2 N–H and O–H groups in total. The number of nitrogens with one attached hydrogen (secondary N) is 2. The Morgan fingerprint density at radius 2 is 2.05 bits per heavy atom. The molecule has 2 rings (SSSR count). The highest BCUT2D eigenvalue weighted by Gasteiger charge is 2.29. The largest absolute Gasteiger partial charge is 0.491 e. The number of fused-ring (bicyclic) bond motifs is 1. The predicted octanol–water partition coefficient (Wildman–Crippen LogP) is 2.48. The van der Waals surface area contributed by atoms with Gasteiger partial charge in [0, 0.05) is 17.3 Å². The van der Waals surface area contributed by atoms with E-state index in [1.165, 1.54) is 0 Å². The Morgan fingerprint density at radius 3 is 2.71 bits per heavy atom. The summed E-state index contributed by atoms with van der Waals surface area (Å²) >= 11 is 0. The van der Waals surface area contributed by atoms with Crippen molar-refractivity contribution in [2.45, 2.75) is 39.3 Å². The first-order valence-corrected chi connectivity index (χ1v) is 7.35. The van der Waals surface area contributed by atoms with Crippen LogP contribution in [-0.4, -0.2) is 31.3 Å². The lowest BCUT2D eigenvalue weighted by atomic mass is 10.1. The van der Waals surface area contributed by atoms with Gasteiger partial charge in [0.25, 0.3) is 0 Å². The van der Waals surface area contributed by atoms with Gasteiger partial charge in [-0.05, 0) is 33.4 Å². The third-order valence-electron chi connectivity index (χ3n) is 3.15. The fourth-order valence-corrected chi connectivity index (χ4v) is 2.25. The van der Waals surface area contributed by atoms with Crippen molar-refractivity contribution in [3.8, 4) is 5.75 Å². The maximum Gasteiger partial charge on any atom is 0.246 e. The number of amides is 1. The molecule has 1 atom stereocenters. The predicted molar refractivity (Wildman–Crippen MR) is 82.7 cm³/mol. The van der Waals surface area contributed by atoms with Crippen LogP contribution < -0.4 is 15.4 Å². The van der Waals surface area contributed by atoms with Crippen LogP contribution in [0, 0.1) is 0 Å². The monoisotopic (exact) mass is 292 g/mol. The molecule has 5 nitrogen and oxygen atoms in total. The van der Waals surface area contributed by atoms with E-state index < -0.39 is 0 Å². The number of likely N-dealkylation sites (N-methyl/N-ethyl adjacent to an activating group) is 1. The Morgan fingerprint density at radius 1 is 1.29 bits per heavy atom. The molecule has 0 saturated heterocycles. The van der Waals surface area contributed by atoms with Crippen molar-refractivity contribution >= 4 is 11.6 Å². The number of benzene rings is 1. The van der Waals surface area contributed by atoms with E-state index in [1.54, 1.807) is 0 Å². The Hall–Kier alpha value is -1.59. The molecule has 0 aromatic heterocycles. The zero-order valence-corrected chi connectivity index (χ0v) is 13.2. The Kier molecular flexibility index (Phi) is 4.85. The van der Waals surface area contributed by atoms with Crippen LogP contribution >= 0.6 is 0 Å². The fraction of sp³-hybridized carbons (Fsp3) is 0.562. The molecule has 0 bridgehead atoms. The second kappa shape index (κ2) is 6.45. The van der Waals surface area contributed by atoms with Gasteiger partial charge in [-0.1, -0.05) is 13.0 Å². The summed E-state index contributed by atoms with van der Waals surface area (Å²) in [7, 11) is 0. The standard InChI is InChI=1S/C16H24N2O3/c1-5-17-14-12-7-6-11(10-13(12)18-15(14)19)20-8-9-21-16(2,3)4/h6-7,10,14,17H,5,8-9H2,1-4H3,(H,18,19). The molecule has 5 heteroatoms.